The van der Waals surface area contributed by atoms with Crippen LogP contribution in [0.25, 0.3) is 22.3 Å². The number of nitrogen functional groups attached to an aromatic ring is 1. The minimum absolute atomic E-state index is 0.0478. The van der Waals surface area contributed by atoms with Gasteiger partial charge in [-0.3, -0.25) is 4.40 Å². The quantitative estimate of drug-likeness (QED) is 0.375. The van der Waals surface area contributed by atoms with Crippen LogP contribution in [0.1, 0.15) is 29.8 Å². The number of nitrogens with zero attached hydrogens (tertiary/aromatic N) is 3. The van der Waals surface area contributed by atoms with Gasteiger partial charge in [-0.1, -0.05) is 60.2 Å². The van der Waals surface area contributed by atoms with Gasteiger partial charge in [-0.2, -0.15) is 13.2 Å². The lowest BCUT2D eigenvalue weighted by Crippen LogP contribution is -2.49. The molecule has 1 saturated carbocycles. The Morgan fingerprint density at radius 2 is 1.70 bits per heavy atom. The van der Waals surface area contributed by atoms with Crippen LogP contribution >= 0.6 is 0 Å². The number of fused-ring (bicyclic) bond motifs is 3. The van der Waals surface area contributed by atoms with Crippen molar-refractivity contribution in [3.8, 4) is 11.3 Å². The number of benzene rings is 2. The lowest BCUT2D eigenvalue weighted by Gasteiger charge is -2.47. The van der Waals surface area contributed by atoms with Crippen molar-refractivity contribution in [3.63, 3.8) is 0 Å². The Morgan fingerprint density at radius 3 is 2.30 bits per heavy atom. The summed E-state index contributed by atoms with van der Waals surface area (Å²) >= 11 is 0. The predicted octanol–water partition coefficient (Wildman–Crippen LogP) is 4.09. The molecule has 4 heterocycles. The molecule has 0 saturated heterocycles. The van der Waals surface area contributed by atoms with E-state index in [-0.39, 0.29) is 30.2 Å². The molecule has 0 spiro atoms. The number of aliphatic hydroxyl groups is 2. The van der Waals surface area contributed by atoms with Crippen LogP contribution in [0.5, 0.6) is 0 Å². The minimum atomic E-state index is -4.94. The van der Waals surface area contributed by atoms with Gasteiger partial charge < -0.3 is 20.7 Å². The Labute approximate surface area is 209 Å². The van der Waals surface area contributed by atoms with Gasteiger partial charge in [0, 0.05) is 36.4 Å². The summed E-state index contributed by atoms with van der Waals surface area (Å²) in [4.78, 5) is 9.01. The standard InChI is InChI=1S/C27H23F3N4O3/c28-27(29,30)26(36,18-4-2-1-3-5-18)19-8-6-16(7-9-19)21-22-23(31)32-10-11-34(22)24(33-21)20-14-37-25(15-35)12-17(20)13-25/h1-11,35-36H,12-15H2,(H2,31,32). The normalized spacial score (nSPS) is 18.5. The minimum Gasteiger partial charge on any atom is -0.393 e. The fourth-order valence-corrected chi connectivity index (χ4v) is 5.27. The fourth-order valence-electron chi connectivity index (χ4n) is 5.27. The molecule has 4 N–H and O–H groups in total. The Bertz CT molecular complexity index is 1520. The van der Waals surface area contributed by atoms with E-state index in [0.717, 1.165) is 11.1 Å². The van der Waals surface area contributed by atoms with Gasteiger partial charge in [0.1, 0.15) is 22.9 Å². The number of aromatic nitrogens is 3. The zero-order chi connectivity index (χ0) is 26.0. The van der Waals surface area contributed by atoms with Gasteiger partial charge in [-0.05, 0) is 11.1 Å². The highest BCUT2D eigenvalue weighted by Gasteiger charge is 2.56. The van der Waals surface area contributed by atoms with Crippen LogP contribution in [0.2, 0.25) is 0 Å². The summed E-state index contributed by atoms with van der Waals surface area (Å²) in [6.07, 6.45) is -0.428. The van der Waals surface area contributed by atoms with E-state index in [2.05, 4.69) is 4.98 Å². The van der Waals surface area contributed by atoms with Crippen molar-refractivity contribution in [3.05, 3.63) is 89.5 Å². The van der Waals surface area contributed by atoms with E-state index < -0.39 is 17.4 Å². The van der Waals surface area contributed by atoms with E-state index >= 15 is 0 Å². The molecule has 1 fully saturated rings. The molecule has 2 aromatic heterocycles. The number of hydrogen-bond acceptors (Lipinski definition) is 6. The Kier molecular flexibility index (Phi) is 5.20. The molecule has 7 rings (SSSR count). The molecule has 4 aromatic rings. The molecule has 0 amide bonds. The zero-order valence-corrected chi connectivity index (χ0v) is 19.5. The molecule has 7 nitrogen and oxygen atoms in total. The van der Waals surface area contributed by atoms with E-state index in [4.69, 9.17) is 15.5 Å². The zero-order valence-electron chi connectivity index (χ0n) is 19.5. The van der Waals surface area contributed by atoms with E-state index in [1.807, 2.05) is 0 Å². The van der Waals surface area contributed by atoms with Crippen molar-refractivity contribution in [2.24, 2.45) is 0 Å². The molecule has 37 heavy (non-hydrogen) atoms. The molecule has 190 valence electrons. The molecule has 2 aromatic carbocycles. The summed E-state index contributed by atoms with van der Waals surface area (Å²) in [6, 6.07) is 12.5. The highest BCUT2D eigenvalue weighted by molar-refractivity contribution is 5.88. The number of hydrogen-bond donors (Lipinski definition) is 3. The maximum atomic E-state index is 14.1. The number of rotatable bonds is 5. The van der Waals surface area contributed by atoms with Crippen LogP contribution in [0.4, 0.5) is 19.0 Å². The van der Waals surface area contributed by atoms with Gasteiger partial charge in [0.15, 0.2) is 0 Å². The van der Waals surface area contributed by atoms with Crippen molar-refractivity contribution in [2.75, 3.05) is 18.9 Å². The summed E-state index contributed by atoms with van der Waals surface area (Å²) < 4.78 is 50.1. The second-order valence-corrected chi connectivity index (χ2v) is 9.53. The summed E-state index contributed by atoms with van der Waals surface area (Å²) in [5.41, 5.74) is 5.46. The maximum absolute atomic E-state index is 14.1. The number of alkyl halides is 3. The summed E-state index contributed by atoms with van der Waals surface area (Å²) in [5.74, 6) is 0.831. The van der Waals surface area contributed by atoms with Gasteiger partial charge in [-0.25, -0.2) is 9.97 Å². The van der Waals surface area contributed by atoms with E-state index in [9.17, 15) is 23.4 Å². The third-order valence-corrected chi connectivity index (χ3v) is 7.34. The van der Waals surface area contributed by atoms with Crippen LogP contribution in [0, 0.1) is 0 Å². The van der Waals surface area contributed by atoms with Crippen molar-refractivity contribution in [2.45, 2.75) is 30.2 Å². The molecule has 1 unspecified atom stereocenters. The smallest absolute Gasteiger partial charge is 0.393 e. The lowest BCUT2D eigenvalue weighted by atomic mass is 9.71. The van der Waals surface area contributed by atoms with E-state index in [0.29, 0.717) is 35.4 Å². The van der Waals surface area contributed by atoms with Gasteiger partial charge in [0.05, 0.1) is 18.8 Å². The second kappa shape index (κ2) is 8.14. The Balaban J connectivity index is 1.45. The molecule has 3 aliphatic rings. The monoisotopic (exact) mass is 508 g/mol. The van der Waals surface area contributed by atoms with Gasteiger partial charge in [0.2, 0.25) is 5.60 Å². The molecule has 0 radical (unpaired) electrons. The average molecular weight is 509 g/mol. The van der Waals surface area contributed by atoms with Crippen molar-refractivity contribution < 1.29 is 28.1 Å². The van der Waals surface area contributed by atoms with E-state index in [1.165, 1.54) is 48.5 Å². The number of anilines is 1. The maximum Gasteiger partial charge on any atom is 0.425 e. The first-order valence-corrected chi connectivity index (χ1v) is 11.7. The molecular formula is C27H23F3N4O3. The van der Waals surface area contributed by atoms with Gasteiger partial charge in [-0.15, -0.1) is 0 Å². The number of imidazole rings is 1. The Hall–Kier alpha value is -3.73. The van der Waals surface area contributed by atoms with Crippen LogP contribution in [0.15, 0.2) is 72.6 Å². The number of aliphatic hydroxyl groups excluding tert-OH is 1. The Morgan fingerprint density at radius 1 is 1.03 bits per heavy atom. The van der Waals surface area contributed by atoms with Crippen molar-refractivity contribution >= 4 is 16.9 Å². The third kappa shape index (κ3) is 3.47. The predicted molar refractivity (Wildman–Crippen MR) is 130 cm³/mol. The molecule has 2 bridgehead atoms. The molecule has 1 aliphatic carbocycles. The van der Waals surface area contributed by atoms with Crippen LogP contribution in [0.3, 0.4) is 0 Å². The van der Waals surface area contributed by atoms with Crippen molar-refractivity contribution in [1.82, 2.24) is 14.4 Å². The van der Waals surface area contributed by atoms with Crippen LogP contribution in [-0.4, -0.2) is 49.6 Å². The SMILES string of the molecule is Nc1nccn2c(C3=C4CC(CO)(C4)OC3)nc(-c3ccc(C(O)(c4ccccc4)C(F)(F)F)cc3)c12. The third-order valence-electron chi connectivity index (χ3n) is 7.34. The van der Waals surface area contributed by atoms with Crippen LogP contribution < -0.4 is 5.73 Å². The van der Waals surface area contributed by atoms with Gasteiger partial charge in [0.25, 0.3) is 0 Å². The largest absolute Gasteiger partial charge is 0.425 e. The summed E-state index contributed by atoms with van der Waals surface area (Å²) in [7, 11) is 0. The first-order chi connectivity index (χ1) is 17.7. The number of ether oxygens (including phenoxy) is 1. The first-order valence-electron chi connectivity index (χ1n) is 11.7. The molecule has 2 aliphatic heterocycles. The highest BCUT2D eigenvalue weighted by atomic mass is 19.4. The number of halogens is 3. The van der Waals surface area contributed by atoms with E-state index in [1.54, 1.807) is 22.9 Å². The van der Waals surface area contributed by atoms with Crippen LogP contribution in [-0.2, 0) is 10.3 Å². The highest BCUT2D eigenvalue weighted by Crippen LogP contribution is 2.49. The van der Waals surface area contributed by atoms with Gasteiger partial charge >= 0.3 is 6.18 Å². The topological polar surface area (TPSA) is 106 Å². The van der Waals surface area contributed by atoms with Crippen molar-refractivity contribution in [1.29, 1.82) is 0 Å². The molecule has 10 heteroatoms. The molecular weight excluding hydrogens is 485 g/mol. The fraction of sp³-hybridized carbons (Fsp3) is 0.259. The lowest BCUT2D eigenvalue weighted by molar-refractivity contribution is -0.248. The first kappa shape index (κ1) is 23.7. The molecule has 1 atom stereocenters. The summed E-state index contributed by atoms with van der Waals surface area (Å²) in [6.45, 7) is 0.235. The average Bonchev–Trinajstić information content (AvgIpc) is 3.28. The summed E-state index contributed by atoms with van der Waals surface area (Å²) in [5, 5.41) is 20.5. The number of nitrogens with two attached hydrogens (primary N) is 1. The second-order valence-electron chi connectivity index (χ2n) is 9.53.